The molecule has 2 atom stereocenters. The van der Waals surface area contributed by atoms with E-state index in [9.17, 15) is 9.90 Å². The van der Waals surface area contributed by atoms with Gasteiger partial charge in [0.15, 0.2) is 0 Å². The van der Waals surface area contributed by atoms with E-state index in [-0.39, 0.29) is 11.9 Å². The van der Waals surface area contributed by atoms with Gasteiger partial charge in [0, 0.05) is 0 Å². The van der Waals surface area contributed by atoms with Crippen LogP contribution in [0.25, 0.3) is 0 Å². The van der Waals surface area contributed by atoms with E-state index in [0.29, 0.717) is 19.0 Å². The minimum atomic E-state index is -0.658. The molecule has 0 radical (unpaired) electrons. The summed E-state index contributed by atoms with van der Waals surface area (Å²) in [5.41, 5.74) is -0.658. The molecular formula is C12H22N2O2. The van der Waals surface area contributed by atoms with Gasteiger partial charge in [-0.05, 0) is 32.2 Å². The van der Waals surface area contributed by atoms with Crippen molar-refractivity contribution in [2.45, 2.75) is 44.8 Å². The molecule has 2 rings (SSSR count). The lowest BCUT2D eigenvalue weighted by atomic mass is 9.88. The van der Waals surface area contributed by atoms with Crippen molar-refractivity contribution in [3.63, 3.8) is 0 Å². The molecule has 2 aliphatic heterocycles. The summed E-state index contributed by atoms with van der Waals surface area (Å²) in [6, 6.07) is -0.0187. The summed E-state index contributed by atoms with van der Waals surface area (Å²) in [4.78, 5) is 13.8. The van der Waals surface area contributed by atoms with E-state index in [0.717, 1.165) is 19.4 Å². The van der Waals surface area contributed by atoms with Crippen molar-refractivity contribution in [3.8, 4) is 0 Å². The first-order valence-corrected chi connectivity index (χ1v) is 6.26. The molecular weight excluding hydrogens is 204 g/mol. The lowest BCUT2D eigenvalue weighted by Crippen LogP contribution is -2.65. The van der Waals surface area contributed by atoms with E-state index in [1.165, 1.54) is 6.42 Å². The Kier molecular flexibility index (Phi) is 3.22. The predicted octanol–water partition coefficient (Wildman–Crippen LogP) is 0.358. The number of rotatable bonds is 2. The standard InChI is InChI=1S/C12H22N2O2/c1-3-9-4-5-13-10(6-9)11(15)14-7-12(2,16)8-14/h9-10,13,16H,3-8H2,1-2H3. The van der Waals surface area contributed by atoms with Crippen LogP contribution in [-0.4, -0.2) is 47.2 Å². The second-order valence-electron chi connectivity index (χ2n) is 5.50. The lowest BCUT2D eigenvalue weighted by Gasteiger charge is -2.46. The molecule has 2 heterocycles. The van der Waals surface area contributed by atoms with Crippen molar-refractivity contribution >= 4 is 5.91 Å². The highest BCUT2D eigenvalue weighted by Gasteiger charge is 2.42. The maximum Gasteiger partial charge on any atom is 0.239 e. The second-order valence-corrected chi connectivity index (χ2v) is 5.50. The minimum Gasteiger partial charge on any atom is -0.386 e. The molecule has 0 aromatic carbocycles. The van der Waals surface area contributed by atoms with Gasteiger partial charge in [-0.25, -0.2) is 0 Å². The Balaban J connectivity index is 1.85. The number of carbonyl (C=O) groups excluding carboxylic acids is 1. The van der Waals surface area contributed by atoms with Crippen LogP contribution < -0.4 is 5.32 Å². The van der Waals surface area contributed by atoms with Crippen molar-refractivity contribution in [1.29, 1.82) is 0 Å². The van der Waals surface area contributed by atoms with Gasteiger partial charge in [-0.2, -0.15) is 0 Å². The zero-order valence-corrected chi connectivity index (χ0v) is 10.2. The Morgan fingerprint density at radius 3 is 2.81 bits per heavy atom. The first-order chi connectivity index (χ1) is 7.52. The molecule has 0 aromatic rings. The second kappa shape index (κ2) is 4.34. The van der Waals surface area contributed by atoms with Gasteiger partial charge in [0.1, 0.15) is 0 Å². The van der Waals surface area contributed by atoms with E-state index >= 15 is 0 Å². The summed E-state index contributed by atoms with van der Waals surface area (Å²) >= 11 is 0. The summed E-state index contributed by atoms with van der Waals surface area (Å²) in [6.07, 6.45) is 3.29. The van der Waals surface area contributed by atoms with Gasteiger partial charge in [0.05, 0.1) is 24.7 Å². The van der Waals surface area contributed by atoms with Crippen LogP contribution in [0.4, 0.5) is 0 Å². The van der Waals surface area contributed by atoms with Gasteiger partial charge in [0.2, 0.25) is 5.91 Å². The molecule has 0 bridgehead atoms. The first-order valence-electron chi connectivity index (χ1n) is 6.26. The number of carbonyl (C=O) groups is 1. The van der Waals surface area contributed by atoms with Crippen molar-refractivity contribution < 1.29 is 9.90 Å². The Morgan fingerprint density at radius 2 is 2.25 bits per heavy atom. The van der Waals surface area contributed by atoms with E-state index in [2.05, 4.69) is 12.2 Å². The van der Waals surface area contributed by atoms with E-state index in [4.69, 9.17) is 0 Å². The molecule has 16 heavy (non-hydrogen) atoms. The zero-order valence-electron chi connectivity index (χ0n) is 10.2. The molecule has 0 aliphatic carbocycles. The van der Waals surface area contributed by atoms with Crippen LogP contribution in [0.15, 0.2) is 0 Å². The number of piperidine rings is 1. The molecule has 2 unspecified atom stereocenters. The molecule has 2 aliphatic rings. The number of amides is 1. The van der Waals surface area contributed by atoms with Gasteiger partial charge in [-0.15, -0.1) is 0 Å². The van der Waals surface area contributed by atoms with Crippen LogP contribution in [0.1, 0.15) is 33.1 Å². The fraction of sp³-hybridized carbons (Fsp3) is 0.917. The van der Waals surface area contributed by atoms with Gasteiger partial charge >= 0.3 is 0 Å². The molecule has 2 fully saturated rings. The quantitative estimate of drug-likeness (QED) is 0.715. The SMILES string of the molecule is CCC1CCNC(C(=O)N2CC(C)(O)C2)C1. The number of β-amino-alcohol motifs (C(OH)–C–C–N with tert-alkyl or cyclic N) is 1. The van der Waals surface area contributed by atoms with Crippen LogP contribution in [0, 0.1) is 5.92 Å². The zero-order chi connectivity index (χ0) is 11.8. The van der Waals surface area contributed by atoms with Crippen molar-refractivity contribution in [1.82, 2.24) is 10.2 Å². The molecule has 4 heteroatoms. The molecule has 0 spiro atoms. The van der Waals surface area contributed by atoms with E-state index in [1.807, 2.05) is 0 Å². The highest BCUT2D eigenvalue weighted by molar-refractivity contribution is 5.83. The molecule has 2 N–H and O–H groups in total. The van der Waals surface area contributed by atoms with Gasteiger partial charge in [-0.3, -0.25) is 4.79 Å². The highest BCUT2D eigenvalue weighted by atomic mass is 16.3. The fourth-order valence-electron chi connectivity index (χ4n) is 2.71. The first kappa shape index (κ1) is 11.9. The van der Waals surface area contributed by atoms with Gasteiger partial charge in [0.25, 0.3) is 0 Å². The summed E-state index contributed by atoms with van der Waals surface area (Å²) in [5, 5.41) is 12.9. The third-order valence-electron chi connectivity index (χ3n) is 3.76. The molecule has 2 saturated heterocycles. The maximum absolute atomic E-state index is 12.1. The molecule has 0 aromatic heterocycles. The third kappa shape index (κ3) is 2.38. The molecule has 0 saturated carbocycles. The van der Waals surface area contributed by atoms with Crippen molar-refractivity contribution in [3.05, 3.63) is 0 Å². The van der Waals surface area contributed by atoms with Crippen molar-refractivity contribution in [2.75, 3.05) is 19.6 Å². The van der Waals surface area contributed by atoms with Crippen LogP contribution in [0.3, 0.4) is 0 Å². The Hall–Kier alpha value is -0.610. The van der Waals surface area contributed by atoms with Crippen LogP contribution >= 0.6 is 0 Å². The number of nitrogens with zero attached hydrogens (tertiary/aromatic N) is 1. The minimum absolute atomic E-state index is 0.0187. The number of hydrogen-bond acceptors (Lipinski definition) is 3. The van der Waals surface area contributed by atoms with E-state index < -0.39 is 5.60 Å². The Bertz CT molecular complexity index is 270. The maximum atomic E-state index is 12.1. The summed E-state index contributed by atoms with van der Waals surface area (Å²) in [5.74, 6) is 0.849. The summed E-state index contributed by atoms with van der Waals surface area (Å²) in [7, 11) is 0. The van der Waals surface area contributed by atoms with E-state index in [1.54, 1.807) is 11.8 Å². The monoisotopic (exact) mass is 226 g/mol. The normalized spacial score (nSPS) is 33.3. The number of hydrogen-bond donors (Lipinski definition) is 2. The topological polar surface area (TPSA) is 52.6 Å². The van der Waals surface area contributed by atoms with Crippen molar-refractivity contribution in [2.24, 2.45) is 5.92 Å². The summed E-state index contributed by atoms with van der Waals surface area (Å²) < 4.78 is 0. The van der Waals surface area contributed by atoms with Gasteiger partial charge in [-0.1, -0.05) is 13.3 Å². The highest BCUT2D eigenvalue weighted by Crippen LogP contribution is 2.25. The number of nitrogens with one attached hydrogen (secondary N) is 1. The van der Waals surface area contributed by atoms with Crippen LogP contribution in [0.5, 0.6) is 0 Å². The fourth-order valence-corrected chi connectivity index (χ4v) is 2.71. The number of aliphatic hydroxyl groups is 1. The van der Waals surface area contributed by atoms with Crippen LogP contribution in [0.2, 0.25) is 0 Å². The smallest absolute Gasteiger partial charge is 0.239 e. The lowest BCUT2D eigenvalue weighted by molar-refractivity contribution is -0.155. The van der Waals surface area contributed by atoms with Crippen LogP contribution in [-0.2, 0) is 4.79 Å². The average Bonchev–Trinajstić information content (AvgIpc) is 2.25. The van der Waals surface area contributed by atoms with Gasteiger partial charge < -0.3 is 15.3 Å². The number of likely N-dealkylation sites (tertiary alicyclic amines) is 1. The third-order valence-corrected chi connectivity index (χ3v) is 3.76. The largest absolute Gasteiger partial charge is 0.386 e. The summed E-state index contributed by atoms with van der Waals surface area (Å²) in [6.45, 7) is 5.88. The predicted molar refractivity (Wildman–Crippen MR) is 62.0 cm³/mol. The molecule has 92 valence electrons. The Labute approximate surface area is 97.0 Å². The molecule has 1 amide bonds. The Morgan fingerprint density at radius 1 is 1.56 bits per heavy atom. The average molecular weight is 226 g/mol. The molecule has 4 nitrogen and oxygen atoms in total.